The Bertz CT molecular complexity index is 855. The lowest BCUT2D eigenvalue weighted by molar-refractivity contribution is -0.135. The molecule has 6 nitrogen and oxygen atoms in total. The lowest BCUT2D eigenvalue weighted by atomic mass is 10.1. The number of hydrogen-bond donors (Lipinski definition) is 0. The average Bonchev–Trinajstić information content (AvgIpc) is 2.70. The maximum Gasteiger partial charge on any atom is 0.246 e. The molecule has 0 saturated carbocycles. The fourth-order valence-electron chi connectivity index (χ4n) is 3.06. The highest BCUT2D eigenvalue weighted by Crippen LogP contribution is 2.24. The fourth-order valence-corrected chi connectivity index (χ4v) is 3.06. The molecule has 1 aliphatic heterocycles. The van der Waals surface area contributed by atoms with Gasteiger partial charge in [-0.15, -0.1) is 0 Å². The normalized spacial score (nSPS) is 14.7. The van der Waals surface area contributed by atoms with E-state index in [1.807, 2.05) is 37.3 Å². The highest BCUT2D eigenvalue weighted by Gasteiger charge is 2.20. The first-order chi connectivity index (χ1) is 13.1. The smallest absolute Gasteiger partial charge is 0.246 e. The molecule has 3 rings (SSSR count). The number of carbonyl (C=O) groups excluding carboxylic acids is 2. The van der Waals surface area contributed by atoms with Crippen molar-refractivity contribution in [1.29, 1.82) is 0 Å². The van der Waals surface area contributed by atoms with Crippen molar-refractivity contribution in [3.05, 3.63) is 42.0 Å². The van der Waals surface area contributed by atoms with E-state index >= 15 is 0 Å². The highest BCUT2D eigenvalue weighted by molar-refractivity contribution is 5.93. The number of benzene rings is 1. The van der Waals surface area contributed by atoms with Crippen molar-refractivity contribution in [1.82, 2.24) is 14.8 Å². The Balaban J connectivity index is 1.76. The van der Waals surface area contributed by atoms with Crippen LogP contribution >= 0.6 is 0 Å². The van der Waals surface area contributed by atoms with Crippen molar-refractivity contribution in [2.24, 2.45) is 0 Å². The Labute approximate surface area is 159 Å². The van der Waals surface area contributed by atoms with Gasteiger partial charge in [-0.3, -0.25) is 9.59 Å². The van der Waals surface area contributed by atoms with Crippen molar-refractivity contribution in [2.75, 3.05) is 32.8 Å². The summed E-state index contributed by atoms with van der Waals surface area (Å²) in [5.41, 5.74) is 1.66. The Morgan fingerprint density at radius 3 is 2.56 bits per heavy atom. The monoisotopic (exact) mass is 367 g/mol. The molecule has 2 heterocycles. The van der Waals surface area contributed by atoms with Gasteiger partial charge < -0.3 is 14.5 Å². The Hall–Kier alpha value is -2.89. The molecule has 27 heavy (non-hydrogen) atoms. The van der Waals surface area contributed by atoms with E-state index in [1.54, 1.807) is 28.9 Å². The molecule has 0 bridgehead atoms. The summed E-state index contributed by atoms with van der Waals surface area (Å²) in [6, 6.07) is 9.83. The van der Waals surface area contributed by atoms with Crippen molar-refractivity contribution in [3.8, 4) is 5.88 Å². The van der Waals surface area contributed by atoms with E-state index in [1.165, 1.54) is 0 Å². The van der Waals surface area contributed by atoms with E-state index < -0.39 is 0 Å². The van der Waals surface area contributed by atoms with E-state index in [9.17, 15) is 9.59 Å². The Morgan fingerprint density at radius 2 is 1.85 bits per heavy atom. The molecule has 0 N–H and O–H groups in total. The maximum atomic E-state index is 12.5. The molecule has 0 spiro atoms. The molecule has 1 aliphatic rings. The SMILES string of the molecule is CCCOc1nc2ccccc2cc1C=CC(=O)N1CCN(C(C)=O)CC1. The minimum absolute atomic E-state index is 0.0533. The molecule has 0 unspecified atom stereocenters. The van der Waals surface area contributed by atoms with Crippen LogP contribution in [0.4, 0.5) is 0 Å². The number of aromatic nitrogens is 1. The van der Waals surface area contributed by atoms with Crippen LogP contribution in [0.1, 0.15) is 25.8 Å². The van der Waals surface area contributed by atoms with E-state index in [0.29, 0.717) is 38.7 Å². The van der Waals surface area contributed by atoms with E-state index in [0.717, 1.165) is 22.9 Å². The van der Waals surface area contributed by atoms with Gasteiger partial charge in [-0.2, -0.15) is 0 Å². The third-order valence-electron chi connectivity index (χ3n) is 4.60. The minimum Gasteiger partial charge on any atom is -0.477 e. The summed E-state index contributed by atoms with van der Waals surface area (Å²) >= 11 is 0. The summed E-state index contributed by atoms with van der Waals surface area (Å²) in [6.07, 6.45) is 4.22. The second-order valence-corrected chi connectivity index (χ2v) is 6.59. The zero-order chi connectivity index (χ0) is 19.2. The van der Waals surface area contributed by atoms with Crippen LogP contribution in [0.15, 0.2) is 36.4 Å². The standard InChI is InChI=1S/C21H25N3O3/c1-3-14-27-21-18(15-17-6-4-5-7-19(17)22-21)8-9-20(26)24-12-10-23(11-13-24)16(2)25/h4-9,15H,3,10-14H2,1-2H3. The number of carbonyl (C=O) groups is 2. The zero-order valence-corrected chi connectivity index (χ0v) is 15.9. The fraction of sp³-hybridized carbons (Fsp3) is 0.381. The number of hydrogen-bond acceptors (Lipinski definition) is 4. The number of piperazine rings is 1. The predicted octanol–water partition coefficient (Wildman–Crippen LogP) is 2.73. The van der Waals surface area contributed by atoms with E-state index in [2.05, 4.69) is 4.98 Å². The van der Waals surface area contributed by atoms with Crippen molar-refractivity contribution in [2.45, 2.75) is 20.3 Å². The molecule has 1 aromatic heterocycles. The molecule has 2 amide bonds. The number of ether oxygens (including phenoxy) is 1. The lowest BCUT2D eigenvalue weighted by Gasteiger charge is -2.33. The first-order valence-corrected chi connectivity index (χ1v) is 9.33. The molecule has 0 radical (unpaired) electrons. The summed E-state index contributed by atoms with van der Waals surface area (Å²) in [6.45, 7) is 6.44. The van der Waals surface area contributed by atoms with Crippen LogP contribution in [0, 0.1) is 0 Å². The van der Waals surface area contributed by atoms with Gasteiger partial charge in [-0.05, 0) is 24.6 Å². The molecule has 142 valence electrons. The van der Waals surface area contributed by atoms with Crippen molar-refractivity contribution < 1.29 is 14.3 Å². The van der Waals surface area contributed by atoms with Gasteiger partial charge in [-0.1, -0.05) is 25.1 Å². The number of pyridine rings is 1. The van der Waals surface area contributed by atoms with Crippen LogP contribution < -0.4 is 4.74 Å². The molecule has 6 heteroatoms. The van der Waals surface area contributed by atoms with E-state index in [-0.39, 0.29) is 11.8 Å². The number of amides is 2. The van der Waals surface area contributed by atoms with Crippen LogP contribution in [0.5, 0.6) is 5.88 Å². The second kappa shape index (κ2) is 8.66. The van der Waals surface area contributed by atoms with Crippen LogP contribution in [0.25, 0.3) is 17.0 Å². The zero-order valence-electron chi connectivity index (χ0n) is 15.9. The third kappa shape index (κ3) is 4.64. The summed E-state index contributed by atoms with van der Waals surface area (Å²) in [7, 11) is 0. The van der Waals surface area contributed by atoms with Crippen molar-refractivity contribution in [3.63, 3.8) is 0 Å². The first-order valence-electron chi connectivity index (χ1n) is 9.33. The second-order valence-electron chi connectivity index (χ2n) is 6.59. The molecule has 1 aromatic carbocycles. The maximum absolute atomic E-state index is 12.5. The summed E-state index contributed by atoms with van der Waals surface area (Å²) < 4.78 is 5.78. The number of para-hydroxylation sites is 1. The average molecular weight is 367 g/mol. The van der Waals surface area contributed by atoms with Gasteiger partial charge in [0.05, 0.1) is 12.1 Å². The number of fused-ring (bicyclic) bond motifs is 1. The first kappa shape index (κ1) is 18.9. The summed E-state index contributed by atoms with van der Waals surface area (Å²) in [5, 5.41) is 1.00. The molecule has 0 atom stereocenters. The van der Waals surface area contributed by atoms with Gasteiger partial charge in [-0.25, -0.2) is 4.98 Å². The molecular formula is C21H25N3O3. The van der Waals surface area contributed by atoms with Gasteiger partial charge in [0.25, 0.3) is 0 Å². The van der Waals surface area contributed by atoms with E-state index in [4.69, 9.17) is 4.74 Å². The third-order valence-corrected chi connectivity index (χ3v) is 4.60. The van der Waals surface area contributed by atoms with Gasteiger partial charge in [0.1, 0.15) is 0 Å². The quantitative estimate of drug-likeness (QED) is 0.763. The Morgan fingerprint density at radius 1 is 1.15 bits per heavy atom. The largest absolute Gasteiger partial charge is 0.477 e. The summed E-state index contributed by atoms with van der Waals surface area (Å²) in [5.74, 6) is 0.534. The van der Waals surface area contributed by atoms with Crippen LogP contribution in [0.2, 0.25) is 0 Å². The molecular weight excluding hydrogens is 342 g/mol. The van der Waals surface area contributed by atoms with Crippen LogP contribution in [-0.4, -0.2) is 59.4 Å². The number of nitrogens with zero attached hydrogens (tertiary/aromatic N) is 3. The predicted molar refractivity (Wildman–Crippen MR) is 105 cm³/mol. The molecule has 1 saturated heterocycles. The molecule has 1 fully saturated rings. The van der Waals surface area contributed by atoms with Gasteiger partial charge in [0.2, 0.25) is 17.7 Å². The number of rotatable bonds is 5. The molecule has 0 aliphatic carbocycles. The lowest BCUT2D eigenvalue weighted by Crippen LogP contribution is -2.49. The van der Waals surface area contributed by atoms with Crippen molar-refractivity contribution >= 4 is 28.8 Å². The topological polar surface area (TPSA) is 62.7 Å². The minimum atomic E-state index is -0.0622. The van der Waals surface area contributed by atoms with Gasteiger partial charge >= 0.3 is 0 Å². The van der Waals surface area contributed by atoms with Gasteiger partial charge in [0.15, 0.2) is 0 Å². The Kier molecular flexibility index (Phi) is 6.06. The van der Waals surface area contributed by atoms with Crippen LogP contribution in [0.3, 0.4) is 0 Å². The summed E-state index contributed by atoms with van der Waals surface area (Å²) in [4.78, 5) is 32.0. The molecule has 2 aromatic rings. The van der Waals surface area contributed by atoms with Gasteiger partial charge in [0, 0.05) is 50.1 Å². The highest BCUT2D eigenvalue weighted by atomic mass is 16.5. The van der Waals surface area contributed by atoms with Crippen LogP contribution in [-0.2, 0) is 9.59 Å².